The van der Waals surface area contributed by atoms with Gasteiger partial charge >= 0.3 is 0 Å². The van der Waals surface area contributed by atoms with E-state index in [0.717, 1.165) is 23.5 Å². The van der Waals surface area contributed by atoms with Crippen LogP contribution in [0.15, 0.2) is 12.4 Å². The maximum Gasteiger partial charge on any atom is 0.272 e. The lowest BCUT2D eigenvalue weighted by Crippen LogP contribution is -2.58. The Morgan fingerprint density at radius 2 is 2.00 bits per heavy atom. The largest absolute Gasteiger partial charge is 0.348 e. The molecule has 0 radical (unpaired) electrons. The number of hydrogen-bond acceptors (Lipinski definition) is 4. The van der Waals surface area contributed by atoms with Gasteiger partial charge in [-0.2, -0.15) is 5.10 Å². The van der Waals surface area contributed by atoms with E-state index < -0.39 is 5.54 Å². The number of rotatable bonds is 2. The van der Waals surface area contributed by atoms with Gasteiger partial charge in [0, 0.05) is 45.2 Å². The minimum atomic E-state index is -0.403. The van der Waals surface area contributed by atoms with Crippen LogP contribution in [0.3, 0.4) is 0 Å². The lowest BCUT2D eigenvalue weighted by Gasteiger charge is -2.50. The fraction of sp³-hybridized carbons (Fsp3) is 0.579. The quantitative estimate of drug-likeness (QED) is 0.865. The second-order valence-electron chi connectivity index (χ2n) is 7.50. The molecule has 27 heavy (non-hydrogen) atoms. The lowest BCUT2D eigenvalue weighted by molar-refractivity contribution is -0.141. The summed E-state index contributed by atoms with van der Waals surface area (Å²) < 4.78 is 1.64. The summed E-state index contributed by atoms with van der Waals surface area (Å²) >= 11 is 0. The monoisotopic (exact) mass is 370 g/mol. The molecule has 8 heteroatoms. The number of imidazole rings is 1. The van der Waals surface area contributed by atoms with E-state index in [9.17, 15) is 9.59 Å². The standard InChI is InChI=1S/C19H26N6O2/c1-4-16(26)25-8-5-14-17(21-12-20-14)19(25)6-9-24(10-7-19)18(27)15-11-13(2)22-23(15)3/h11-12H,4-10H2,1-3H3,(H,20,21). The molecule has 2 aliphatic rings. The number of nitrogens with one attached hydrogen (secondary N) is 1. The molecule has 0 aromatic carbocycles. The van der Waals surface area contributed by atoms with Crippen molar-refractivity contribution in [1.82, 2.24) is 29.5 Å². The van der Waals surface area contributed by atoms with Crippen LogP contribution in [0.2, 0.25) is 0 Å². The number of fused-ring (bicyclic) bond motifs is 2. The first-order valence-electron chi connectivity index (χ1n) is 9.59. The van der Waals surface area contributed by atoms with Crippen molar-refractivity contribution in [2.75, 3.05) is 19.6 Å². The van der Waals surface area contributed by atoms with E-state index in [1.54, 1.807) is 18.1 Å². The maximum atomic E-state index is 12.9. The number of hydrogen-bond donors (Lipinski definition) is 1. The van der Waals surface area contributed by atoms with Gasteiger partial charge in [-0.15, -0.1) is 0 Å². The van der Waals surface area contributed by atoms with Crippen LogP contribution in [0.25, 0.3) is 0 Å². The molecule has 2 aromatic heterocycles. The second kappa shape index (κ2) is 6.51. The molecular formula is C19H26N6O2. The SMILES string of the molecule is CCC(=O)N1CCc2[nH]cnc2C12CCN(C(=O)c1cc(C)nn1C)CC2. The Balaban J connectivity index is 1.60. The van der Waals surface area contributed by atoms with Crippen molar-refractivity contribution >= 4 is 11.8 Å². The Morgan fingerprint density at radius 1 is 1.26 bits per heavy atom. The summed E-state index contributed by atoms with van der Waals surface area (Å²) in [6.45, 7) is 5.69. The highest BCUT2D eigenvalue weighted by Gasteiger charge is 2.48. The van der Waals surface area contributed by atoms with Crippen LogP contribution < -0.4 is 0 Å². The number of H-pyrrole nitrogens is 1. The molecule has 2 amide bonds. The molecule has 1 N–H and O–H groups in total. The summed E-state index contributed by atoms with van der Waals surface area (Å²) in [5.74, 6) is 0.157. The Labute approximate surface area is 158 Å². The summed E-state index contributed by atoms with van der Waals surface area (Å²) in [4.78, 5) is 37.3. The van der Waals surface area contributed by atoms with Crippen molar-refractivity contribution in [2.24, 2.45) is 7.05 Å². The van der Waals surface area contributed by atoms with Gasteiger partial charge in [-0.3, -0.25) is 14.3 Å². The first-order chi connectivity index (χ1) is 13.0. The number of nitrogens with zero attached hydrogens (tertiary/aromatic N) is 5. The highest BCUT2D eigenvalue weighted by Crippen LogP contribution is 2.42. The molecule has 1 spiro atoms. The average Bonchev–Trinajstić information content (AvgIpc) is 3.28. The summed E-state index contributed by atoms with van der Waals surface area (Å²) in [5, 5.41) is 4.28. The maximum absolute atomic E-state index is 12.9. The Bertz CT molecular complexity index is 875. The summed E-state index contributed by atoms with van der Waals surface area (Å²) in [7, 11) is 1.80. The number of aryl methyl sites for hydroxylation is 2. The van der Waals surface area contributed by atoms with E-state index >= 15 is 0 Å². The van der Waals surface area contributed by atoms with Gasteiger partial charge in [0.25, 0.3) is 5.91 Å². The summed E-state index contributed by atoms with van der Waals surface area (Å²) in [6, 6.07) is 1.83. The average molecular weight is 370 g/mol. The fourth-order valence-corrected chi connectivity index (χ4v) is 4.59. The summed E-state index contributed by atoms with van der Waals surface area (Å²) in [6.07, 6.45) is 4.43. The smallest absolute Gasteiger partial charge is 0.272 e. The third-order valence-electron chi connectivity index (χ3n) is 5.96. The van der Waals surface area contributed by atoms with Gasteiger partial charge in [-0.25, -0.2) is 4.98 Å². The first kappa shape index (κ1) is 17.8. The Morgan fingerprint density at radius 3 is 2.63 bits per heavy atom. The molecule has 4 rings (SSSR count). The Hall–Kier alpha value is -2.64. The summed E-state index contributed by atoms with van der Waals surface area (Å²) in [5.41, 5.74) is 3.15. The van der Waals surface area contributed by atoms with E-state index in [0.29, 0.717) is 44.6 Å². The molecular weight excluding hydrogens is 344 g/mol. The molecule has 8 nitrogen and oxygen atoms in total. The van der Waals surface area contributed by atoms with Gasteiger partial charge < -0.3 is 14.8 Å². The third kappa shape index (κ3) is 2.74. The molecule has 0 atom stereocenters. The van der Waals surface area contributed by atoms with Crippen molar-refractivity contribution in [3.8, 4) is 0 Å². The van der Waals surface area contributed by atoms with Crippen molar-refractivity contribution < 1.29 is 9.59 Å². The molecule has 0 unspecified atom stereocenters. The number of aromatic nitrogens is 4. The molecule has 1 fully saturated rings. The van der Waals surface area contributed by atoms with Crippen LogP contribution in [-0.2, 0) is 23.8 Å². The highest BCUT2D eigenvalue weighted by atomic mass is 16.2. The molecule has 144 valence electrons. The lowest BCUT2D eigenvalue weighted by atomic mass is 9.78. The van der Waals surface area contributed by atoms with Crippen LogP contribution in [-0.4, -0.2) is 61.0 Å². The zero-order valence-corrected chi connectivity index (χ0v) is 16.2. The van der Waals surface area contributed by atoms with E-state index in [-0.39, 0.29) is 11.8 Å². The fourth-order valence-electron chi connectivity index (χ4n) is 4.59. The number of likely N-dealkylation sites (tertiary alicyclic amines) is 1. The number of aromatic amines is 1. The van der Waals surface area contributed by atoms with E-state index in [4.69, 9.17) is 0 Å². The predicted octanol–water partition coefficient (Wildman–Crippen LogP) is 1.38. The van der Waals surface area contributed by atoms with Gasteiger partial charge in [0.1, 0.15) is 5.69 Å². The van der Waals surface area contributed by atoms with Crippen molar-refractivity contribution in [3.63, 3.8) is 0 Å². The third-order valence-corrected chi connectivity index (χ3v) is 5.96. The number of piperidine rings is 1. The molecule has 2 aromatic rings. The van der Waals surface area contributed by atoms with Crippen LogP contribution in [0.4, 0.5) is 0 Å². The highest BCUT2D eigenvalue weighted by molar-refractivity contribution is 5.92. The van der Waals surface area contributed by atoms with Gasteiger partial charge in [0.05, 0.1) is 23.3 Å². The van der Waals surface area contributed by atoms with Crippen molar-refractivity contribution in [1.29, 1.82) is 0 Å². The molecule has 0 bridgehead atoms. The number of amides is 2. The first-order valence-corrected chi connectivity index (χ1v) is 9.59. The van der Waals surface area contributed by atoms with Crippen LogP contribution >= 0.6 is 0 Å². The molecule has 4 heterocycles. The topological polar surface area (TPSA) is 87.1 Å². The van der Waals surface area contributed by atoms with E-state index in [1.807, 2.05) is 29.7 Å². The van der Waals surface area contributed by atoms with Gasteiger partial charge in [0.15, 0.2) is 0 Å². The number of carbonyl (C=O) groups excluding carboxylic acids is 2. The molecule has 2 aliphatic heterocycles. The van der Waals surface area contributed by atoms with Gasteiger partial charge in [-0.1, -0.05) is 6.92 Å². The normalized spacial score (nSPS) is 18.6. The Kier molecular flexibility index (Phi) is 4.28. The zero-order chi connectivity index (χ0) is 19.2. The molecule has 1 saturated heterocycles. The molecule has 0 aliphatic carbocycles. The number of carbonyl (C=O) groups is 2. The van der Waals surface area contributed by atoms with Crippen LogP contribution in [0.5, 0.6) is 0 Å². The minimum Gasteiger partial charge on any atom is -0.348 e. The van der Waals surface area contributed by atoms with Crippen LogP contribution in [0.1, 0.15) is 53.8 Å². The molecule has 0 saturated carbocycles. The van der Waals surface area contributed by atoms with Gasteiger partial charge in [-0.05, 0) is 25.8 Å². The second-order valence-corrected chi connectivity index (χ2v) is 7.50. The van der Waals surface area contributed by atoms with Crippen molar-refractivity contribution in [2.45, 2.75) is 45.1 Å². The zero-order valence-electron chi connectivity index (χ0n) is 16.2. The predicted molar refractivity (Wildman–Crippen MR) is 99.1 cm³/mol. The van der Waals surface area contributed by atoms with E-state index in [2.05, 4.69) is 15.1 Å². The van der Waals surface area contributed by atoms with Crippen LogP contribution in [0, 0.1) is 6.92 Å². The van der Waals surface area contributed by atoms with Crippen molar-refractivity contribution in [3.05, 3.63) is 35.2 Å². The van der Waals surface area contributed by atoms with Gasteiger partial charge in [0.2, 0.25) is 5.91 Å². The minimum absolute atomic E-state index is 0.000575. The van der Waals surface area contributed by atoms with E-state index in [1.165, 1.54) is 0 Å².